The molecule has 5 saturated heterocycles. The molecule has 11 rings (SSSR count). The number of esters is 2. The zero-order valence-corrected chi connectivity index (χ0v) is 44.6. The molecule has 0 saturated carbocycles. The molecule has 5 amide bonds. The standard InChI is InChI=1S/C27H29N3O7.C27H33N3O5.C4H9NO/c1-2-36-26(35)27-13-6-5-9-21(27)29(14-12-17-16-28-20-8-4-3-7-18(17)20)25(34)19(27)15-24(33)37-30-22(31)10-11-23(30)32;1-2-35-26(33)27-11-6-5-9-23(27)30(12-10-19-18-28-22-8-4-3-7-20(19)22)25(32)21(27)17-24(31)29-13-15-34-16-14-29;1-3-6-4-2-5-1/h3-4,7-9,16,19,28H,2,5-6,10-15H2,1H3;3-4,7-9,18,21,28H,2,5-6,10-17H2,1H3;5H,1-4H2/t19-,27-;21-,27-;/m11./s1. The monoisotopic (exact) mass is 1070 g/mol. The smallest absolute Gasteiger partial charge is 0.334 e. The number of para-hydroxylation sites is 2. The Bertz CT molecular complexity index is 2920. The quantitative estimate of drug-likeness (QED) is 0.0995. The Balaban J connectivity index is 0.000000171. The molecule has 20 nitrogen and oxygen atoms in total. The highest BCUT2D eigenvalue weighted by Gasteiger charge is 2.63. The molecule has 4 atom stereocenters. The van der Waals surface area contributed by atoms with Crippen LogP contribution in [0.3, 0.4) is 0 Å². The van der Waals surface area contributed by atoms with E-state index in [2.05, 4.69) is 21.4 Å². The topological polar surface area (TPSA) is 239 Å². The lowest BCUT2D eigenvalue weighted by atomic mass is 9.68. The number of hydroxylamine groups is 2. The summed E-state index contributed by atoms with van der Waals surface area (Å²) < 4.78 is 21.4. The van der Waals surface area contributed by atoms with Crippen LogP contribution in [0.15, 0.2) is 84.5 Å². The van der Waals surface area contributed by atoms with Crippen LogP contribution in [0.5, 0.6) is 0 Å². The fourth-order valence-electron chi connectivity index (χ4n) is 12.2. The van der Waals surface area contributed by atoms with Gasteiger partial charge in [-0.2, -0.15) is 0 Å². The van der Waals surface area contributed by atoms with Gasteiger partial charge in [0.25, 0.3) is 11.8 Å². The summed E-state index contributed by atoms with van der Waals surface area (Å²) in [5.74, 6) is -5.45. The fraction of sp³-hybridized carbons (Fsp3) is 0.517. The third-order valence-electron chi connectivity index (χ3n) is 16.0. The molecule has 5 fully saturated rings. The van der Waals surface area contributed by atoms with Crippen molar-refractivity contribution in [1.82, 2.24) is 35.0 Å². The highest BCUT2D eigenvalue weighted by atomic mass is 16.7. The summed E-state index contributed by atoms with van der Waals surface area (Å²) >= 11 is 0. The van der Waals surface area contributed by atoms with Crippen LogP contribution in [0, 0.1) is 22.7 Å². The van der Waals surface area contributed by atoms with E-state index in [9.17, 15) is 38.4 Å². The van der Waals surface area contributed by atoms with E-state index in [-0.39, 0.29) is 56.2 Å². The first-order valence-electron chi connectivity index (χ1n) is 27.6. The number of aromatic nitrogens is 2. The predicted molar refractivity (Wildman–Crippen MR) is 284 cm³/mol. The van der Waals surface area contributed by atoms with Gasteiger partial charge >= 0.3 is 17.9 Å². The lowest BCUT2D eigenvalue weighted by Crippen LogP contribution is -2.46. The Morgan fingerprint density at radius 2 is 1.12 bits per heavy atom. The number of allylic oxidation sites excluding steroid dienone is 2. The fourth-order valence-corrected chi connectivity index (χ4v) is 12.2. The predicted octanol–water partition coefficient (Wildman–Crippen LogP) is 5.42. The van der Waals surface area contributed by atoms with Crippen molar-refractivity contribution in [3.63, 3.8) is 0 Å². The van der Waals surface area contributed by atoms with Crippen LogP contribution >= 0.6 is 0 Å². The van der Waals surface area contributed by atoms with Gasteiger partial charge in [0.05, 0.1) is 57.9 Å². The Morgan fingerprint density at radius 1 is 0.641 bits per heavy atom. The normalized spacial score (nSPS) is 23.9. The van der Waals surface area contributed by atoms with Gasteiger partial charge in [-0.15, -0.1) is 5.06 Å². The Kier molecular flexibility index (Phi) is 17.9. The second-order valence-electron chi connectivity index (χ2n) is 20.5. The molecular formula is C58H71N7O13. The average molecular weight is 1070 g/mol. The van der Waals surface area contributed by atoms with Crippen LogP contribution in [0.4, 0.5) is 0 Å². The number of nitrogens with zero attached hydrogens (tertiary/aromatic N) is 4. The molecule has 7 aliphatic rings. The van der Waals surface area contributed by atoms with E-state index in [4.69, 9.17) is 23.8 Å². The third-order valence-corrected chi connectivity index (χ3v) is 16.0. The van der Waals surface area contributed by atoms with Gasteiger partial charge in [-0.25, -0.2) is 4.79 Å². The van der Waals surface area contributed by atoms with Crippen LogP contribution in [0.25, 0.3) is 21.8 Å². The lowest BCUT2D eigenvalue weighted by Gasteiger charge is -2.36. The first kappa shape index (κ1) is 55.6. The largest absolute Gasteiger partial charge is 0.465 e. The molecule has 0 radical (unpaired) electrons. The molecule has 20 heteroatoms. The number of benzene rings is 2. The number of aromatic amines is 2. The van der Waals surface area contributed by atoms with Gasteiger partial charge in [0.15, 0.2) is 0 Å². The molecule has 4 aromatic rings. The van der Waals surface area contributed by atoms with Gasteiger partial charge in [0.2, 0.25) is 17.7 Å². The number of likely N-dealkylation sites (tertiary alicyclic amines) is 2. The van der Waals surface area contributed by atoms with Crippen LogP contribution < -0.4 is 5.32 Å². The average Bonchev–Trinajstić information content (AvgIpc) is 4.19. The summed E-state index contributed by atoms with van der Waals surface area (Å²) in [5.41, 5.74) is 3.10. The van der Waals surface area contributed by atoms with Crippen LogP contribution in [0.1, 0.15) is 89.2 Å². The molecule has 416 valence electrons. The number of hydrogen-bond acceptors (Lipinski definition) is 14. The van der Waals surface area contributed by atoms with Crippen molar-refractivity contribution >= 4 is 69.2 Å². The molecular weight excluding hydrogens is 1000 g/mol. The number of morpholine rings is 2. The second kappa shape index (κ2) is 25.1. The number of rotatable bonds is 15. The van der Waals surface area contributed by atoms with Crippen molar-refractivity contribution in [2.75, 3.05) is 78.9 Å². The molecule has 0 unspecified atom stereocenters. The van der Waals surface area contributed by atoms with Crippen LogP contribution in [-0.4, -0.2) is 156 Å². The maximum atomic E-state index is 13.9. The summed E-state index contributed by atoms with van der Waals surface area (Å²) in [6.45, 7) is 10.5. The van der Waals surface area contributed by atoms with Crippen LogP contribution in [-0.2, 0) is 75.0 Å². The molecule has 0 bridgehead atoms. The minimum atomic E-state index is -1.32. The Hall–Kier alpha value is -7.16. The van der Waals surface area contributed by atoms with Crippen molar-refractivity contribution in [2.45, 2.75) is 90.9 Å². The number of hydrogen-bond donors (Lipinski definition) is 3. The number of H-pyrrole nitrogens is 2. The van der Waals surface area contributed by atoms with Gasteiger partial charge in [0, 0.05) is 104 Å². The van der Waals surface area contributed by atoms with E-state index in [1.807, 2.05) is 67.0 Å². The van der Waals surface area contributed by atoms with E-state index in [0.717, 1.165) is 77.8 Å². The number of nitrogens with one attached hydrogen (secondary N) is 3. The third kappa shape index (κ3) is 11.2. The van der Waals surface area contributed by atoms with Gasteiger partial charge < -0.3 is 53.8 Å². The summed E-state index contributed by atoms with van der Waals surface area (Å²) in [5, 5.41) is 5.81. The molecule has 2 aromatic carbocycles. The summed E-state index contributed by atoms with van der Waals surface area (Å²) in [6, 6.07) is 16.0. The molecule has 0 spiro atoms. The number of ether oxygens (including phenoxy) is 4. The number of imide groups is 1. The van der Waals surface area contributed by atoms with Crippen molar-refractivity contribution in [2.24, 2.45) is 22.7 Å². The van der Waals surface area contributed by atoms with Crippen LogP contribution in [0.2, 0.25) is 0 Å². The Morgan fingerprint density at radius 3 is 1.58 bits per heavy atom. The van der Waals surface area contributed by atoms with E-state index in [1.165, 1.54) is 0 Å². The van der Waals surface area contributed by atoms with Gasteiger partial charge in [0.1, 0.15) is 10.8 Å². The first-order valence-corrected chi connectivity index (χ1v) is 27.6. The zero-order valence-electron chi connectivity index (χ0n) is 44.6. The summed E-state index contributed by atoms with van der Waals surface area (Å²) in [7, 11) is 0. The number of carbonyl (C=O) groups is 8. The highest BCUT2D eigenvalue weighted by molar-refractivity contribution is 6.03. The first-order chi connectivity index (χ1) is 37.9. The molecule has 3 N–H and O–H groups in total. The highest BCUT2D eigenvalue weighted by Crippen LogP contribution is 2.55. The van der Waals surface area contributed by atoms with Crippen molar-refractivity contribution in [3.05, 3.63) is 95.6 Å². The van der Waals surface area contributed by atoms with E-state index < -0.39 is 52.8 Å². The van der Waals surface area contributed by atoms with Crippen molar-refractivity contribution < 1.29 is 62.1 Å². The second-order valence-corrected chi connectivity index (χ2v) is 20.5. The van der Waals surface area contributed by atoms with E-state index in [0.29, 0.717) is 88.7 Å². The molecule has 2 aliphatic carbocycles. The van der Waals surface area contributed by atoms with Gasteiger partial charge in [-0.05, 0) is 88.5 Å². The van der Waals surface area contributed by atoms with E-state index in [1.54, 1.807) is 28.5 Å². The summed E-state index contributed by atoms with van der Waals surface area (Å²) in [4.78, 5) is 121. The molecule has 2 aromatic heterocycles. The van der Waals surface area contributed by atoms with Crippen molar-refractivity contribution in [3.8, 4) is 0 Å². The van der Waals surface area contributed by atoms with Gasteiger partial charge in [-0.1, -0.05) is 48.6 Å². The minimum Gasteiger partial charge on any atom is -0.465 e. The maximum absolute atomic E-state index is 13.9. The molecule has 78 heavy (non-hydrogen) atoms. The zero-order chi connectivity index (χ0) is 54.8. The number of carbonyl (C=O) groups excluding carboxylic acids is 8. The van der Waals surface area contributed by atoms with Gasteiger partial charge in [-0.3, -0.25) is 33.6 Å². The minimum absolute atomic E-state index is 0.0125. The number of amides is 5. The molecule has 7 heterocycles. The number of fused-ring (bicyclic) bond motifs is 4. The summed E-state index contributed by atoms with van der Waals surface area (Å²) in [6.07, 6.45) is 12.3. The Labute approximate surface area is 453 Å². The van der Waals surface area contributed by atoms with E-state index >= 15 is 0 Å². The lowest BCUT2D eigenvalue weighted by molar-refractivity contribution is -0.199. The SMILES string of the molecule is C1COCCN1.CCOC(=O)[C@@]12CCCC=C1N(CCc1c[nH]c3ccccc13)C(=O)[C@H]2CC(=O)N1CCOCC1.CCOC(=O)[C@@]12CCCC=C1N(CCc1c[nH]c3ccccc13)C(=O)[C@H]2CC(=O)ON1C(=O)CCC1=O. The maximum Gasteiger partial charge on any atom is 0.334 e. The van der Waals surface area contributed by atoms with Crippen molar-refractivity contribution in [1.29, 1.82) is 0 Å². The molecule has 5 aliphatic heterocycles.